The Morgan fingerprint density at radius 1 is 1.03 bits per heavy atom. The van der Waals surface area contributed by atoms with Crippen molar-refractivity contribution in [2.75, 3.05) is 31.1 Å². The van der Waals surface area contributed by atoms with Crippen molar-refractivity contribution in [3.8, 4) is 0 Å². The van der Waals surface area contributed by atoms with Gasteiger partial charge >= 0.3 is 0 Å². The second kappa shape index (κ2) is 8.34. The largest absolute Gasteiger partial charge is 0.366 e. The lowest BCUT2D eigenvalue weighted by molar-refractivity contribution is -0.384. The molecule has 2 aromatic carbocycles. The molecule has 0 saturated carbocycles. The number of rotatable bonds is 5. The summed E-state index contributed by atoms with van der Waals surface area (Å²) < 4.78 is 28.4. The van der Waals surface area contributed by atoms with E-state index in [1.54, 1.807) is 17.9 Å². The molecule has 1 saturated heterocycles. The van der Waals surface area contributed by atoms with Gasteiger partial charge in [-0.1, -0.05) is 6.92 Å². The number of ketones is 1. The fraction of sp³-hybridized carbons (Fsp3) is 0.300. The normalized spacial score (nSPS) is 14.0. The van der Waals surface area contributed by atoms with Gasteiger partial charge in [-0.25, -0.2) is 8.78 Å². The fourth-order valence-electron chi connectivity index (χ4n) is 3.25. The van der Waals surface area contributed by atoms with Gasteiger partial charge in [-0.15, -0.1) is 0 Å². The van der Waals surface area contributed by atoms with Gasteiger partial charge in [0, 0.05) is 50.3 Å². The molecule has 7 nitrogen and oxygen atoms in total. The molecule has 152 valence electrons. The molecule has 0 unspecified atom stereocenters. The highest BCUT2D eigenvalue weighted by atomic mass is 19.1. The smallest absolute Gasteiger partial charge is 0.270 e. The number of non-ortho nitro benzene ring substituents is 1. The van der Waals surface area contributed by atoms with E-state index in [1.165, 1.54) is 17.0 Å². The number of amides is 1. The molecule has 1 amide bonds. The molecular formula is C20H19F2N3O4. The van der Waals surface area contributed by atoms with E-state index in [-0.39, 0.29) is 36.5 Å². The number of benzene rings is 2. The summed E-state index contributed by atoms with van der Waals surface area (Å²) in [4.78, 5) is 37.6. The van der Waals surface area contributed by atoms with Crippen molar-refractivity contribution in [1.82, 2.24) is 4.90 Å². The summed E-state index contributed by atoms with van der Waals surface area (Å²) in [6.07, 6.45) is 0.285. The lowest BCUT2D eigenvalue weighted by Gasteiger charge is -2.36. The number of hydrogen-bond donors (Lipinski definition) is 0. The molecular weight excluding hydrogens is 384 g/mol. The number of carbonyl (C=O) groups excluding carboxylic acids is 2. The van der Waals surface area contributed by atoms with E-state index < -0.39 is 22.5 Å². The minimum absolute atomic E-state index is 0.148. The molecule has 0 spiro atoms. The number of anilines is 1. The Bertz CT molecular complexity index is 972. The van der Waals surface area contributed by atoms with Gasteiger partial charge in [0.25, 0.3) is 11.6 Å². The number of nitro groups is 1. The second-order valence-corrected chi connectivity index (χ2v) is 6.64. The number of hydrogen-bond acceptors (Lipinski definition) is 5. The van der Waals surface area contributed by atoms with Crippen LogP contribution in [0.3, 0.4) is 0 Å². The third-order valence-corrected chi connectivity index (χ3v) is 4.89. The average molecular weight is 403 g/mol. The van der Waals surface area contributed by atoms with Crippen LogP contribution in [0.2, 0.25) is 0 Å². The molecule has 9 heteroatoms. The van der Waals surface area contributed by atoms with E-state index in [0.717, 1.165) is 18.2 Å². The summed E-state index contributed by atoms with van der Waals surface area (Å²) >= 11 is 0. The molecule has 1 aliphatic heterocycles. The van der Waals surface area contributed by atoms with Gasteiger partial charge in [0.1, 0.15) is 11.6 Å². The quantitative estimate of drug-likeness (QED) is 0.434. The Labute approximate surface area is 165 Å². The predicted octanol–water partition coefficient (Wildman–Crippen LogP) is 3.43. The van der Waals surface area contributed by atoms with Gasteiger partial charge in [-0.3, -0.25) is 19.7 Å². The van der Waals surface area contributed by atoms with E-state index in [2.05, 4.69) is 0 Å². The van der Waals surface area contributed by atoms with Crippen LogP contribution in [0, 0.1) is 21.7 Å². The topological polar surface area (TPSA) is 83.8 Å². The maximum atomic E-state index is 14.4. The first-order valence-electron chi connectivity index (χ1n) is 9.12. The lowest BCUT2D eigenvalue weighted by atomic mass is 10.1. The highest BCUT2D eigenvalue weighted by molar-refractivity contribution is 5.96. The van der Waals surface area contributed by atoms with Gasteiger partial charge < -0.3 is 9.80 Å². The van der Waals surface area contributed by atoms with E-state index in [4.69, 9.17) is 0 Å². The Morgan fingerprint density at radius 3 is 2.31 bits per heavy atom. The highest BCUT2D eigenvalue weighted by Crippen LogP contribution is 2.24. The third kappa shape index (κ3) is 4.23. The summed E-state index contributed by atoms with van der Waals surface area (Å²) in [6.45, 7) is 2.72. The van der Waals surface area contributed by atoms with Crippen molar-refractivity contribution in [3.63, 3.8) is 0 Å². The van der Waals surface area contributed by atoms with Gasteiger partial charge in [-0.05, 0) is 24.3 Å². The molecule has 1 aliphatic rings. The Kier molecular flexibility index (Phi) is 5.86. The van der Waals surface area contributed by atoms with Crippen LogP contribution in [0.1, 0.15) is 34.1 Å². The Morgan fingerprint density at radius 2 is 1.72 bits per heavy atom. The highest BCUT2D eigenvalue weighted by Gasteiger charge is 2.27. The first-order chi connectivity index (χ1) is 13.8. The number of nitro benzene ring substituents is 1. The van der Waals surface area contributed by atoms with Crippen molar-refractivity contribution < 1.29 is 23.3 Å². The van der Waals surface area contributed by atoms with E-state index in [0.29, 0.717) is 24.3 Å². The minimum atomic E-state index is -0.828. The van der Waals surface area contributed by atoms with Crippen LogP contribution in [-0.4, -0.2) is 47.7 Å². The molecule has 0 aliphatic carbocycles. The number of carbonyl (C=O) groups is 2. The Hall–Kier alpha value is -3.36. The van der Waals surface area contributed by atoms with Gasteiger partial charge in [-0.2, -0.15) is 0 Å². The van der Waals surface area contributed by atoms with Gasteiger partial charge in [0.05, 0.1) is 16.2 Å². The maximum absolute atomic E-state index is 14.4. The first kappa shape index (κ1) is 20.4. The van der Waals surface area contributed by atoms with Crippen LogP contribution in [0.25, 0.3) is 0 Å². The molecule has 0 N–H and O–H groups in total. The van der Waals surface area contributed by atoms with Gasteiger partial charge in [0.2, 0.25) is 0 Å². The van der Waals surface area contributed by atoms with Crippen molar-refractivity contribution in [2.24, 2.45) is 0 Å². The predicted molar refractivity (Wildman–Crippen MR) is 102 cm³/mol. The van der Waals surface area contributed by atoms with Crippen LogP contribution in [0.4, 0.5) is 20.2 Å². The molecule has 29 heavy (non-hydrogen) atoms. The zero-order chi connectivity index (χ0) is 21.1. The lowest BCUT2D eigenvalue weighted by Crippen LogP contribution is -2.49. The second-order valence-electron chi connectivity index (χ2n) is 6.64. The SMILES string of the molecule is CCC(=O)c1ccc(N2CCN(C(=O)c3cc([N+](=O)[O-])ccc3F)CC2)c(F)c1. The third-order valence-electron chi connectivity index (χ3n) is 4.89. The van der Waals surface area contributed by atoms with Crippen LogP contribution < -0.4 is 4.90 Å². The molecule has 2 aromatic rings. The van der Waals surface area contributed by atoms with E-state index in [9.17, 15) is 28.5 Å². The molecule has 1 fully saturated rings. The summed E-state index contributed by atoms with van der Waals surface area (Å²) in [7, 11) is 0. The number of halogens is 2. The number of nitrogens with zero attached hydrogens (tertiary/aromatic N) is 3. The summed E-state index contributed by atoms with van der Waals surface area (Å²) in [5, 5.41) is 10.9. The number of Topliss-reactive ketones (excluding diaryl/α,β-unsaturated/α-hetero) is 1. The van der Waals surface area contributed by atoms with Crippen molar-refractivity contribution in [1.29, 1.82) is 0 Å². The van der Waals surface area contributed by atoms with Crippen LogP contribution in [0.15, 0.2) is 36.4 Å². The van der Waals surface area contributed by atoms with Crippen LogP contribution in [0.5, 0.6) is 0 Å². The standard InChI is InChI=1S/C20H19F2N3O4/c1-2-19(26)13-3-6-18(17(22)11-13)23-7-9-24(10-8-23)20(27)15-12-14(25(28)29)4-5-16(15)21/h3-6,11-12H,2,7-10H2,1H3. The van der Waals surface area contributed by atoms with Crippen LogP contribution >= 0.6 is 0 Å². The van der Waals surface area contributed by atoms with Gasteiger partial charge in [0.15, 0.2) is 5.78 Å². The molecule has 0 radical (unpaired) electrons. The summed E-state index contributed by atoms with van der Waals surface area (Å²) in [5.74, 6) is -2.14. The molecule has 3 rings (SSSR count). The summed E-state index contributed by atoms with van der Waals surface area (Å²) in [5.41, 5.74) is -0.0894. The maximum Gasteiger partial charge on any atom is 0.270 e. The minimum Gasteiger partial charge on any atom is -0.366 e. The molecule has 0 aromatic heterocycles. The summed E-state index contributed by atoms with van der Waals surface area (Å²) in [6, 6.07) is 7.14. The molecule has 0 atom stereocenters. The van der Waals surface area contributed by atoms with Crippen molar-refractivity contribution in [3.05, 3.63) is 69.3 Å². The average Bonchev–Trinajstić information content (AvgIpc) is 2.73. The van der Waals surface area contributed by atoms with Crippen LogP contribution in [-0.2, 0) is 0 Å². The van der Waals surface area contributed by atoms with Crippen molar-refractivity contribution >= 4 is 23.1 Å². The molecule has 0 bridgehead atoms. The fourth-order valence-corrected chi connectivity index (χ4v) is 3.25. The first-order valence-corrected chi connectivity index (χ1v) is 9.12. The monoisotopic (exact) mass is 403 g/mol. The number of piperazine rings is 1. The zero-order valence-electron chi connectivity index (χ0n) is 15.7. The van der Waals surface area contributed by atoms with E-state index >= 15 is 0 Å². The Balaban J connectivity index is 1.71. The zero-order valence-corrected chi connectivity index (χ0v) is 15.7. The molecule has 1 heterocycles. The van der Waals surface area contributed by atoms with E-state index in [1.807, 2.05) is 0 Å². The van der Waals surface area contributed by atoms with Crippen molar-refractivity contribution in [2.45, 2.75) is 13.3 Å².